The molecule has 4 nitrogen and oxygen atoms in total. The molecule has 1 heterocycles. The molecular formula is C14H21N3O. The van der Waals surface area contributed by atoms with Crippen molar-refractivity contribution in [1.82, 2.24) is 9.80 Å². The first-order valence-electron chi connectivity index (χ1n) is 6.31. The topological polar surface area (TPSA) is 49.6 Å². The first-order chi connectivity index (χ1) is 8.50. The normalized spacial score (nSPS) is 23.7. The molecule has 2 atom stereocenters. The minimum absolute atomic E-state index is 0.0456. The number of carbonyl (C=O) groups excluding carboxylic acids is 1. The molecule has 0 saturated carbocycles. The van der Waals surface area contributed by atoms with Gasteiger partial charge >= 0.3 is 0 Å². The molecule has 1 amide bonds. The van der Waals surface area contributed by atoms with E-state index < -0.39 is 0 Å². The van der Waals surface area contributed by atoms with Crippen LogP contribution in [0.2, 0.25) is 0 Å². The number of rotatable bonds is 2. The molecule has 1 aliphatic rings. The minimum atomic E-state index is 0.0456. The van der Waals surface area contributed by atoms with E-state index in [1.807, 2.05) is 17.0 Å². The van der Waals surface area contributed by atoms with E-state index in [1.54, 1.807) is 12.1 Å². The van der Waals surface area contributed by atoms with Crippen molar-refractivity contribution in [2.75, 3.05) is 32.9 Å². The highest BCUT2D eigenvalue weighted by molar-refractivity contribution is 5.99. The number of anilines is 1. The van der Waals surface area contributed by atoms with Crippen molar-refractivity contribution in [2.45, 2.75) is 13.0 Å². The van der Waals surface area contributed by atoms with Crippen molar-refractivity contribution in [2.24, 2.45) is 5.92 Å². The van der Waals surface area contributed by atoms with Crippen LogP contribution < -0.4 is 5.73 Å². The SMILES string of the molecule is CC1CN(C(=O)c2ccccc2N)CC1N(C)C. The number of likely N-dealkylation sites (N-methyl/N-ethyl adjacent to an activating group) is 1. The van der Waals surface area contributed by atoms with E-state index in [1.165, 1.54) is 0 Å². The Morgan fingerprint density at radius 1 is 1.33 bits per heavy atom. The zero-order chi connectivity index (χ0) is 13.3. The van der Waals surface area contributed by atoms with Crippen molar-refractivity contribution in [3.8, 4) is 0 Å². The van der Waals surface area contributed by atoms with Crippen molar-refractivity contribution in [3.05, 3.63) is 29.8 Å². The van der Waals surface area contributed by atoms with Crippen LogP contribution in [0.25, 0.3) is 0 Å². The molecule has 0 radical (unpaired) electrons. The summed E-state index contributed by atoms with van der Waals surface area (Å²) in [5.74, 6) is 0.540. The largest absolute Gasteiger partial charge is 0.398 e. The smallest absolute Gasteiger partial charge is 0.256 e. The lowest BCUT2D eigenvalue weighted by Gasteiger charge is -2.22. The molecule has 0 spiro atoms. The highest BCUT2D eigenvalue weighted by atomic mass is 16.2. The molecule has 98 valence electrons. The Hall–Kier alpha value is -1.55. The van der Waals surface area contributed by atoms with Crippen molar-refractivity contribution < 1.29 is 4.79 Å². The highest BCUT2D eigenvalue weighted by Crippen LogP contribution is 2.23. The summed E-state index contributed by atoms with van der Waals surface area (Å²) in [5, 5.41) is 0. The lowest BCUT2D eigenvalue weighted by Crippen LogP contribution is -2.35. The van der Waals surface area contributed by atoms with E-state index in [2.05, 4.69) is 25.9 Å². The number of hydrogen-bond donors (Lipinski definition) is 1. The Kier molecular flexibility index (Phi) is 3.57. The first kappa shape index (κ1) is 12.9. The molecule has 1 aliphatic heterocycles. The second kappa shape index (κ2) is 4.98. The number of benzene rings is 1. The molecule has 18 heavy (non-hydrogen) atoms. The predicted molar refractivity (Wildman–Crippen MR) is 73.4 cm³/mol. The Morgan fingerprint density at radius 3 is 2.56 bits per heavy atom. The van der Waals surface area contributed by atoms with E-state index >= 15 is 0 Å². The van der Waals surface area contributed by atoms with E-state index in [4.69, 9.17) is 5.73 Å². The highest BCUT2D eigenvalue weighted by Gasteiger charge is 2.34. The van der Waals surface area contributed by atoms with Crippen LogP contribution in [0, 0.1) is 5.92 Å². The van der Waals surface area contributed by atoms with Gasteiger partial charge in [0.05, 0.1) is 5.56 Å². The molecule has 1 saturated heterocycles. The maximum atomic E-state index is 12.4. The van der Waals surface area contributed by atoms with Crippen LogP contribution in [0.1, 0.15) is 17.3 Å². The fraction of sp³-hybridized carbons (Fsp3) is 0.500. The number of hydrogen-bond acceptors (Lipinski definition) is 3. The van der Waals surface area contributed by atoms with Gasteiger partial charge in [-0.25, -0.2) is 0 Å². The van der Waals surface area contributed by atoms with Crippen LogP contribution >= 0.6 is 0 Å². The average molecular weight is 247 g/mol. The van der Waals surface area contributed by atoms with Crippen molar-refractivity contribution in [1.29, 1.82) is 0 Å². The fourth-order valence-electron chi connectivity index (χ4n) is 2.65. The van der Waals surface area contributed by atoms with Gasteiger partial charge in [0, 0.05) is 24.8 Å². The number of nitrogen functional groups attached to an aromatic ring is 1. The van der Waals surface area contributed by atoms with E-state index in [-0.39, 0.29) is 5.91 Å². The van der Waals surface area contributed by atoms with Gasteiger partial charge in [-0.15, -0.1) is 0 Å². The molecule has 2 N–H and O–H groups in total. The Morgan fingerprint density at radius 2 is 2.00 bits per heavy atom. The van der Waals surface area contributed by atoms with Crippen molar-refractivity contribution in [3.63, 3.8) is 0 Å². The fourth-order valence-corrected chi connectivity index (χ4v) is 2.65. The summed E-state index contributed by atoms with van der Waals surface area (Å²) < 4.78 is 0. The molecule has 2 unspecified atom stereocenters. The number of para-hydroxylation sites is 1. The Labute approximate surface area is 108 Å². The molecule has 0 aromatic heterocycles. The van der Waals surface area contributed by atoms with Crippen LogP contribution in [0.15, 0.2) is 24.3 Å². The van der Waals surface area contributed by atoms with E-state index in [0.29, 0.717) is 23.2 Å². The van der Waals surface area contributed by atoms with E-state index in [0.717, 1.165) is 13.1 Å². The van der Waals surface area contributed by atoms with Crippen LogP contribution in [0.4, 0.5) is 5.69 Å². The van der Waals surface area contributed by atoms with Crippen LogP contribution in [0.5, 0.6) is 0 Å². The van der Waals surface area contributed by atoms with Gasteiger partial charge in [-0.05, 0) is 32.1 Å². The molecule has 2 rings (SSSR count). The van der Waals surface area contributed by atoms with Gasteiger partial charge in [0.15, 0.2) is 0 Å². The minimum Gasteiger partial charge on any atom is -0.398 e. The third-order valence-electron chi connectivity index (χ3n) is 3.71. The summed E-state index contributed by atoms with van der Waals surface area (Å²) in [6.45, 7) is 3.77. The molecule has 1 aromatic rings. The number of carbonyl (C=O) groups is 1. The maximum Gasteiger partial charge on any atom is 0.256 e. The van der Waals surface area contributed by atoms with Gasteiger partial charge in [-0.3, -0.25) is 4.79 Å². The van der Waals surface area contributed by atoms with Crippen molar-refractivity contribution >= 4 is 11.6 Å². The summed E-state index contributed by atoms with van der Waals surface area (Å²) in [5.41, 5.74) is 7.03. The van der Waals surface area contributed by atoms with Crippen LogP contribution in [-0.2, 0) is 0 Å². The summed E-state index contributed by atoms with van der Waals surface area (Å²) in [6.07, 6.45) is 0. The number of likely N-dealkylation sites (tertiary alicyclic amines) is 1. The molecule has 4 heteroatoms. The first-order valence-corrected chi connectivity index (χ1v) is 6.31. The monoisotopic (exact) mass is 247 g/mol. The maximum absolute atomic E-state index is 12.4. The number of amides is 1. The zero-order valence-corrected chi connectivity index (χ0v) is 11.3. The standard InChI is InChI=1S/C14H21N3O/c1-10-8-17(9-13(10)16(2)3)14(18)11-6-4-5-7-12(11)15/h4-7,10,13H,8-9,15H2,1-3H3. The van der Waals surface area contributed by atoms with E-state index in [9.17, 15) is 4.79 Å². The van der Waals surface area contributed by atoms with Gasteiger partial charge in [0.2, 0.25) is 0 Å². The van der Waals surface area contributed by atoms with Gasteiger partial charge in [-0.1, -0.05) is 19.1 Å². The quantitative estimate of drug-likeness (QED) is 0.801. The average Bonchev–Trinajstić information content (AvgIpc) is 2.71. The lowest BCUT2D eigenvalue weighted by molar-refractivity contribution is 0.0782. The van der Waals surface area contributed by atoms with Gasteiger partial charge < -0.3 is 15.5 Å². The molecule has 0 aliphatic carbocycles. The molecule has 1 aromatic carbocycles. The lowest BCUT2D eigenvalue weighted by atomic mass is 10.1. The molecule has 1 fully saturated rings. The molecule has 0 bridgehead atoms. The zero-order valence-electron chi connectivity index (χ0n) is 11.3. The summed E-state index contributed by atoms with van der Waals surface area (Å²) in [7, 11) is 4.12. The van der Waals surface area contributed by atoms with Crippen LogP contribution in [0.3, 0.4) is 0 Å². The third-order valence-corrected chi connectivity index (χ3v) is 3.71. The second-order valence-corrected chi connectivity index (χ2v) is 5.31. The third kappa shape index (κ3) is 2.34. The van der Waals surface area contributed by atoms with Crippen LogP contribution in [-0.4, -0.2) is 48.9 Å². The number of nitrogens with zero attached hydrogens (tertiary/aromatic N) is 2. The second-order valence-electron chi connectivity index (χ2n) is 5.31. The molecular weight excluding hydrogens is 226 g/mol. The Balaban J connectivity index is 2.15. The predicted octanol–water partition coefficient (Wildman–Crippen LogP) is 1.29. The summed E-state index contributed by atoms with van der Waals surface area (Å²) >= 11 is 0. The van der Waals surface area contributed by atoms with Gasteiger partial charge in [0.1, 0.15) is 0 Å². The summed E-state index contributed by atoms with van der Waals surface area (Å²) in [4.78, 5) is 16.5. The summed E-state index contributed by atoms with van der Waals surface area (Å²) in [6, 6.07) is 7.70. The van der Waals surface area contributed by atoms with Gasteiger partial charge in [-0.2, -0.15) is 0 Å². The number of nitrogens with two attached hydrogens (primary N) is 1. The van der Waals surface area contributed by atoms with Gasteiger partial charge in [0.25, 0.3) is 5.91 Å². The Bertz CT molecular complexity index is 444.